The van der Waals surface area contributed by atoms with Crippen LogP contribution >= 0.6 is 11.6 Å². The number of hydrogen-bond acceptors (Lipinski definition) is 2. The lowest BCUT2D eigenvalue weighted by molar-refractivity contribution is 0.0978. The Hall–Kier alpha value is -3.04. The van der Waals surface area contributed by atoms with E-state index in [-0.39, 0.29) is 11.7 Å². The molecule has 0 aliphatic rings. The number of halogens is 1. The van der Waals surface area contributed by atoms with E-state index < -0.39 is 0 Å². The monoisotopic (exact) mass is 389 g/mol. The van der Waals surface area contributed by atoms with Crippen LogP contribution in [0.4, 0.5) is 0 Å². The summed E-state index contributed by atoms with van der Waals surface area (Å²) in [5.41, 5.74) is 3.86. The molecule has 0 amide bonds. The number of ketones is 1. The highest BCUT2D eigenvalue weighted by atomic mass is 35.5. The molecule has 0 bridgehead atoms. The van der Waals surface area contributed by atoms with Crippen molar-refractivity contribution in [1.29, 1.82) is 0 Å². The average molecular weight is 390 g/mol. The minimum Gasteiger partial charge on any atom is -0.497 e. The summed E-state index contributed by atoms with van der Waals surface area (Å²) in [4.78, 5) is 16.3. The van der Waals surface area contributed by atoms with Crippen molar-refractivity contribution in [2.75, 3.05) is 7.11 Å². The lowest BCUT2D eigenvalue weighted by Gasteiger charge is -2.17. The van der Waals surface area contributed by atoms with Crippen LogP contribution in [-0.4, -0.2) is 17.9 Å². The second-order valence-electron chi connectivity index (χ2n) is 6.75. The van der Waals surface area contributed by atoms with Gasteiger partial charge in [0.15, 0.2) is 5.78 Å². The van der Waals surface area contributed by atoms with Crippen LogP contribution in [0.25, 0.3) is 10.9 Å². The molecule has 0 saturated heterocycles. The minimum absolute atomic E-state index is 0.0918. The Labute approximate surface area is 168 Å². The number of nitrogens with one attached hydrogen (secondary N) is 1. The Bertz CT molecular complexity index is 1100. The van der Waals surface area contributed by atoms with Gasteiger partial charge in [-0.1, -0.05) is 54.1 Å². The van der Waals surface area contributed by atoms with Gasteiger partial charge in [0, 0.05) is 40.0 Å². The van der Waals surface area contributed by atoms with Crippen molar-refractivity contribution in [1.82, 2.24) is 4.98 Å². The van der Waals surface area contributed by atoms with Crippen molar-refractivity contribution >= 4 is 28.3 Å². The standard InChI is InChI=1S/C24H20ClNO2/c1-28-19-11-12-23-21(13-19)22(15-26-23)20(16-7-9-18(25)10-8-16)14-24(27)17-5-3-2-4-6-17/h2-13,15,20,26H,14H2,1H3. The summed E-state index contributed by atoms with van der Waals surface area (Å²) in [6, 6.07) is 23.1. The number of benzene rings is 3. The first kappa shape index (κ1) is 18.3. The van der Waals surface area contributed by atoms with Gasteiger partial charge >= 0.3 is 0 Å². The number of carbonyl (C=O) groups is 1. The normalized spacial score (nSPS) is 12.1. The molecule has 1 N–H and O–H groups in total. The number of fused-ring (bicyclic) bond motifs is 1. The number of ether oxygens (including phenoxy) is 1. The third-order valence-corrected chi connectivity index (χ3v) is 5.31. The highest BCUT2D eigenvalue weighted by molar-refractivity contribution is 6.30. The first-order valence-corrected chi connectivity index (χ1v) is 9.52. The molecular weight excluding hydrogens is 370 g/mol. The number of Topliss-reactive ketones (excluding diaryl/α,β-unsaturated/α-hetero) is 1. The molecule has 3 aromatic carbocycles. The third kappa shape index (κ3) is 3.67. The molecule has 28 heavy (non-hydrogen) atoms. The third-order valence-electron chi connectivity index (χ3n) is 5.05. The molecule has 4 rings (SSSR count). The van der Waals surface area contributed by atoms with E-state index in [2.05, 4.69) is 4.98 Å². The fourth-order valence-corrected chi connectivity index (χ4v) is 3.69. The second-order valence-corrected chi connectivity index (χ2v) is 7.19. The number of methoxy groups -OCH3 is 1. The summed E-state index contributed by atoms with van der Waals surface area (Å²) < 4.78 is 5.40. The van der Waals surface area contributed by atoms with Gasteiger partial charge in [0.05, 0.1) is 7.11 Å². The Kier molecular flexibility index (Phi) is 5.18. The van der Waals surface area contributed by atoms with E-state index in [0.717, 1.165) is 33.3 Å². The van der Waals surface area contributed by atoms with Gasteiger partial charge in [-0.25, -0.2) is 0 Å². The van der Waals surface area contributed by atoms with Crippen molar-refractivity contribution in [3.8, 4) is 5.75 Å². The van der Waals surface area contributed by atoms with E-state index in [4.69, 9.17) is 16.3 Å². The summed E-state index contributed by atoms with van der Waals surface area (Å²) in [5, 5.41) is 1.73. The second kappa shape index (κ2) is 7.91. The lowest BCUT2D eigenvalue weighted by atomic mass is 9.85. The van der Waals surface area contributed by atoms with E-state index in [1.165, 1.54) is 0 Å². The molecule has 0 aliphatic heterocycles. The molecule has 0 fully saturated rings. The predicted octanol–water partition coefficient (Wildman–Crippen LogP) is 6.23. The van der Waals surface area contributed by atoms with Gasteiger partial charge in [-0.15, -0.1) is 0 Å². The summed E-state index contributed by atoms with van der Waals surface area (Å²) in [7, 11) is 1.66. The summed E-state index contributed by atoms with van der Waals surface area (Å²) in [6.45, 7) is 0. The van der Waals surface area contributed by atoms with Gasteiger partial charge in [-0.2, -0.15) is 0 Å². The Morgan fingerprint density at radius 3 is 2.50 bits per heavy atom. The van der Waals surface area contributed by atoms with Crippen LogP contribution in [0, 0.1) is 0 Å². The summed E-state index contributed by atoms with van der Waals surface area (Å²) in [5.74, 6) is 0.807. The van der Waals surface area contributed by atoms with Crippen LogP contribution in [0.15, 0.2) is 79.0 Å². The molecule has 0 spiro atoms. The van der Waals surface area contributed by atoms with Crippen LogP contribution in [0.3, 0.4) is 0 Å². The first-order valence-electron chi connectivity index (χ1n) is 9.14. The molecule has 1 aromatic heterocycles. The van der Waals surface area contributed by atoms with Crippen molar-refractivity contribution in [2.24, 2.45) is 0 Å². The van der Waals surface area contributed by atoms with E-state index in [1.807, 2.05) is 79.0 Å². The number of hydrogen-bond donors (Lipinski definition) is 1. The number of rotatable bonds is 6. The highest BCUT2D eigenvalue weighted by Crippen LogP contribution is 2.36. The fraction of sp³-hybridized carbons (Fsp3) is 0.125. The molecule has 140 valence electrons. The van der Waals surface area contributed by atoms with Crippen LogP contribution in [0.1, 0.15) is 33.8 Å². The van der Waals surface area contributed by atoms with E-state index in [0.29, 0.717) is 11.4 Å². The van der Waals surface area contributed by atoms with Crippen molar-refractivity contribution in [3.63, 3.8) is 0 Å². The molecular formula is C24H20ClNO2. The van der Waals surface area contributed by atoms with Gasteiger partial charge in [0.1, 0.15) is 5.75 Å². The quantitative estimate of drug-likeness (QED) is 0.397. The van der Waals surface area contributed by atoms with Gasteiger partial charge in [0.2, 0.25) is 0 Å². The van der Waals surface area contributed by atoms with Gasteiger partial charge in [0.25, 0.3) is 0 Å². The van der Waals surface area contributed by atoms with E-state index >= 15 is 0 Å². The Morgan fingerprint density at radius 2 is 1.79 bits per heavy atom. The fourth-order valence-electron chi connectivity index (χ4n) is 3.57. The molecule has 3 nitrogen and oxygen atoms in total. The zero-order valence-corrected chi connectivity index (χ0v) is 16.2. The smallest absolute Gasteiger partial charge is 0.163 e. The van der Waals surface area contributed by atoms with Crippen molar-refractivity contribution in [3.05, 3.63) is 101 Å². The van der Waals surface area contributed by atoms with Crippen LogP contribution < -0.4 is 4.74 Å². The maximum absolute atomic E-state index is 13.0. The SMILES string of the molecule is COc1ccc2[nH]cc(C(CC(=O)c3ccccc3)c3ccc(Cl)cc3)c2c1. The van der Waals surface area contributed by atoms with Gasteiger partial charge in [-0.3, -0.25) is 4.79 Å². The highest BCUT2D eigenvalue weighted by Gasteiger charge is 2.22. The molecule has 1 heterocycles. The number of H-pyrrole nitrogens is 1. The predicted molar refractivity (Wildman–Crippen MR) is 114 cm³/mol. The largest absolute Gasteiger partial charge is 0.497 e. The lowest BCUT2D eigenvalue weighted by Crippen LogP contribution is -2.09. The average Bonchev–Trinajstić information content (AvgIpc) is 3.16. The van der Waals surface area contributed by atoms with Gasteiger partial charge in [-0.05, 0) is 41.5 Å². The molecule has 0 saturated carbocycles. The van der Waals surface area contributed by atoms with Crippen molar-refractivity contribution < 1.29 is 9.53 Å². The zero-order chi connectivity index (χ0) is 19.5. The Morgan fingerprint density at radius 1 is 1.04 bits per heavy atom. The first-order chi connectivity index (χ1) is 13.7. The van der Waals surface area contributed by atoms with E-state index in [1.54, 1.807) is 7.11 Å². The van der Waals surface area contributed by atoms with Crippen LogP contribution in [0.2, 0.25) is 5.02 Å². The summed E-state index contributed by atoms with van der Waals surface area (Å²) >= 11 is 6.09. The zero-order valence-electron chi connectivity index (χ0n) is 15.5. The van der Waals surface area contributed by atoms with Gasteiger partial charge < -0.3 is 9.72 Å². The molecule has 4 aromatic rings. The maximum atomic E-state index is 13.0. The molecule has 1 unspecified atom stereocenters. The topological polar surface area (TPSA) is 42.1 Å². The maximum Gasteiger partial charge on any atom is 0.163 e. The summed E-state index contributed by atoms with van der Waals surface area (Å²) in [6.07, 6.45) is 2.36. The number of aromatic amines is 1. The van der Waals surface area contributed by atoms with Crippen LogP contribution in [0.5, 0.6) is 5.75 Å². The van der Waals surface area contributed by atoms with Crippen molar-refractivity contribution in [2.45, 2.75) is 12.3 Å². The number of aromatic nitrogens is 1. The molecule has 4 heteroatoms. The molecule has 0 aliphatic carbocycles. The molecule has 1 atom stereocenters. The Balaban J connectivity index is 1.79. The molecule has 0 radical (unpaired) electrons. The van der Waals surface area contributed by atoms with E-state index in [9.17, 15) is 4.79 Å². The number of carbonyl (C=O) groups excluding carboxylic acids is 1. The van der Waals surface area contributed by atoms with Crippen LogP contribution in [-0.2, 0) is 0 Å². The minimum atomic E-state index is -0.0918.